The first-order valence-corrected chi connectivity index (χ1v) is 12.0. The van der Waals surface area contributed by atoms with E-state index in [4.69, 9.17) is 4.52 Å². The third kappa shape index (κ3) is 5.19. The van der Waals surface area contributed by atoms with Crippen LogP contribution < -0.4 is 5.32 Å². The SMILES string of the molecule is O=C(NCc1ccccc1)N1CCC(CN2CCC(c3noc4cc(F)ccc34)CC2)CC1. The van der Waals surface area contributed by atoms with Gasteiger partial charge in [-0.25, -0.2) is 9.18 Å². The number of rotatable bonds is 5. The predicted octanol–water partition coefficient (Wildman–Crippen LogP) is 4.77. The van der Waals surface area contributed by atoms with Crippen LogP contribution in [0.25, 0.3) is 11.0 Å². The molecule has 2 aliphatic heterocycles. The Hall–Kier alpha value is -2.93. The predicted molar refractivity (Wildman–Crippen MR) is 125 cm³/mol. The molecule has 33 heavy (non-hydrogen) atoms. The zero-order valence-electron chi connectivity index (χ0n) is 18.9. The Kier molecular flexibility index (Phi) is 6.58. The topological polar surface area (TPSA) is 61.6 Å². The summed E-state index contributed by atoms with van der Waals surface area (Å²) in [5.74, 6) is 0.707. The molecule has 3 heterocycles. The van der Waals surface area contributed by atoms with Crippen LogP contribution in [0, 0.1) is 11.7 Å². The minimum atomic E-state index is -0.292. The summed E-state index contributed by atoms with van der Waals surface area (Å²) in [7, 11) is 0. The van der Waals surface area contributed by atoms with E-state index in [0.717, 1.165) is 75.1 Å². The van der Waals surface area contributed by atoms with E-state index in [1.165, 1.54) is 12.1 Å². The maximum absolute atomic E-state index is 13.4. The van der Waals surface area contributed by atoms with Gasteiger partial charge >= 0.3 is 6.03 Å². The molecule has 0 bridgehead atoms. The number of aromatic nitrogens is 1. The summed E-state index contributed by atoms with van der Waals surface area (Å²) in [6.45, 7) is 5.39. The highest BCUT2D eigenvalue weighted by Gasteiger charge is 2.28. The molecular formula is C26H31FN4O2. The summed E-state index contributed by atoms with van der Waals surface area (Å²) in [6.07, 6.45) is 4.19. The molecule has 2 aliphatic rings. The van der Waals surface area contributed by atoms with Gasteiger partial charge < -0.3 is 19.6 Å². The van der Waals surface area contributed by atoms with Gasteiger partial charge in [-0.05, 0) is 62.4 Å². The molecule has 5 rings (SSSR count). The Morgan fingerprint density at radius 2 is 1.79 bits per heavy atom. The third-order valence-electron chi connectivity index (χ3n) is 7.14. The molecule has 1 N–H and O–H groups in total. The number of fused-ring (bicyclic) bond motifs is 1. The molecule has 0 radical (unpaired) electrons. The first-order chi connectivity index (χ1) is 16.2. The monoisotopic (exact) mass is 450 g/mol. The van der Waals surface area contributed by atoms with Crippen molar-refractivity contribution in [3.8, 4) is 0 Å². The number of likely N-dealkylation sites (tertiary alicyclic amines) is 2. The number of nitrogens with zero attached hydrogens (tertiary/aromatic N) is 3. The molecule has 3 aromatic rings. The fourth-order valence-electron chi connectivity index (χ4n) is 5.18. The molecule has 0 spiro atoms. The largest absolute Gasteiger partial charge is 0.356 e. The second kappa shape index (κ2) is 9.91. The molecular weight excluding hydrogens is 419 g/mol. The highest BCUT2D eigenvalue weighted by atomic mass is 19.1. The highest BCUT2D eigenvalue weighted by Crippen LogP contribution is 2.33. The summed E-state index contributed by atoms with van der Waals surface area (Å²) < 4.78 is 18.8. The Bertz CT molecular complexity index is 1070. The average Bonchev–Trinajstić information content (AvgIpc) is 3.27. The van der Waals surface area contributed by atoms with Crippen LogP contribution in [0.1, 0.15) is 42.9 Å². The van der Waals surface area contributed by atoms with E-state index in [0.29, 0.717) is 24.0 Å². The molecule has 0 aliphatic carbocycles. The first-order valence-electron chi connectivity index (χ1n) is 12.0. The van der Waals surface area contributed by atoms with Crippen molar-refractivity contribution in [1.82, 2.24) is 20.3 Å². The van der Waals surface area contributed by atoms with Crippen molar-refractivity contribution in [2.75, 3.05) is 32.7 Å². The van der Waals surface area contributed by atoms with Gasteiger partial charge in [-0.1, -0.05) is 35.5 Å². The van der Waals surface area contributed by atoms with Gasteiger partial charge in [0.1, 0.15) is 5.82 Å². The first kappa shape index (κ1) is 21.9. The normalized spacial score (nSPS) is 18.6. The van der Waals surface area contributed by atoms with E-state index in [1.54, 1.807) is 6.07 Å². The molecule has 6 nitrogen and oxygen atoms in total. The maximum Gasteiger partial charge on any atom is 0.317 e. The molecule has 7 heteroatoms. The highest BCUT2D eigenvalue weighted by molar-refractivity contribution is 5.80. The minimum Gasteiger partial charge on any atom is -0.356 e. The maximum atomic E-state index is 13.4. The van der Waals surface area contributed by atoms with Crippen molar-refractivity contribution in [1.29, 1.82) is 0 Å². The molecule has 1 aromatic heterocycles. The lowest BCUT2D eigenvalue weighted by atomic mass is 9.90. The summed E-state index contributed by atoms with van der Waals surface area (Å²) in [6, 6.07) is 14.7. The number of nitrogens with one attached hydrogen (secondary N) is 1. The zero-order chi connectivity index (χ0) is 22.6. The number of carbonyl (C=O) groups excluding carboxylic acids is 1. The van der Waals surface area contributed by atoms with Gasteiger partial charge in [0.05, 0.1) is 5.69 Å². The number of piperidine rings is 2. The van der Waals surface area contributed by atoms with Gasteiger partial charge in [0.15, 0.2) is 5.58 Å². The second-order valence-corrected chi connectivity index (χ2v) is 9.36. The number of hydrogen-bond acceptors (Lipinski definition) is 4. The van der Waals surface area contributed by atoms with E-state index in [-0.39, 0.29) is 11.8 Å². The van der Waals surface area contributed by atoms with E-state index >= 15 is 0 Å². The quantitative estimate of drug-likeness (QED) is 0.608. The van der Waals surface area contributed by atoms with Crippen LogP contribution in [0.2, 0.25) is 0 Å². The molecule has 0 atom stereocenters. The summed E-state index contributed by atoms with van der Waals surface area (Å²) in [4.78, 5) is 17.0. The zero-order valence-corrected chi connectivity index (χ0v) is 18.9. The fraction of sp³-hybridized carbons (Fsp3) is 0.462. The van der Waals surface area contributed by atoms with Crippen molar-refractivity contribution in [3.05, 3.63) is 65.6 Å². The van der Waals surface area contributed by atoms with Crippen molar-refractivity contribution < 1.29 is 13.7 Å². The lowest BCUT2D eigenvalue weighted by Crippen LogP contribution is -2.46. The molecule has 2 aromatic carbocycles. The van der Waals surface area contributed by atoms with Gasteiger partial charge in [-0.2, -0.15) is 0 Å². The van der Waals surface area contributed by atoms with Crippen LogP contribution in [0.15, 0.2) is 53.1 Å². The van der Waals surface area contributed by atoms with Crippen LogP contribution in [0.5, 0.6) is 0 Å². The Morgan fingerprint density at radius 1 is 1.03 bits per heavy atom. The van der Waals surface area contributed by atoms with E-state index in [1.807, 2.05) is 35.2 Å². The van der Waals surface area contributed by atoms with Gasteiger partial charge in [-0.3, -0.25) is 0 Å². The smallest absolute Gasteiger partial charge is 0.317 e. The van der Waals surface area contributed by atoms with Crippen LogP contribution in [-0.4, -0.2) is 53.7 Å². The van der Waals surface area contributed by atoms with Gasteiger partial charge in [0.2, 0.25) is 0 Å². The van der Waals surface area contributed by atoms with E-state index in [2.05, 4.69) is 15.4 Å². The van der Waals surface area contributed by atoms with Crippen molar-refractivity contribution in [2.24, 2.45) is 5.92 Å². The fourth-order valence-corrected chi connectivity index (χ4v) is 5.18. The third-order valence-corrected chi connectivity index (χ3v) is 7.14. The molecule has 174 valence electrons. The Morgan fingerprint density at radius 3 is 2.55 bits per heavy atom. The number of hydrogen-bond donors (Lipinski definition) is 1. The number of urea groups is 1. The molecule has 0 saturated carbocycles. The lowest BCUT2D eigenvalue weighted by molar-refractivity contribution is 0.132. The van der Waals surface area contributed by atoms with Crippen molar-refractivity contribution in [3.63, 3.8) is 0 Å². The van der Waals surface area contributed by atoms with Crippen LogP contribution >= 0.6 is 0 Å². The lowest BCUT2D eigenvalue weighted by Gasteiger charge is -2.37. The van der Waals surface area contributed by atoms with Gasteiger partial charge in [0.25, 0.3) is 0 Å². The Balaban J connectivity index is 1.05. The van der Waals surface area contributed by atoms with E-state index < -0.39 is 0 Å². The van der Waals surface area contributed by atoms with Crippen molar-refractivity contribution >= 4 is 17.0 Å². The summed E-state index contributed by atoms with van der Waals surface area (Å²) >= 11 is 0. The van der Waals surface area contributed by atoms with Crippen LogP contribution in [-0.2, 0) is 6.54 Å². The molecule has 2 amide bonds. The van der Waals surface area contributed by atoms with Crippen LogP contribution in [0.3, 0.4) is 0 Å². The number of halogens is 1. The standard InChI is InChI=1S/C26H31FN4O2/c27-22-6-7-23-24(16-22)33-29-25(23)21-10-12-30(13-11-21)18-20-8-14-31(15-9-20)26(32)28-17-19-4-2-1-3-5-19/h1-7,16,20-21H,8-15,17-18H2,(H,28,32). The summed E-state index contributed by atoms with van der Waals surface area (Å²) in [5, 5.41) is 8.24. The van der Waals surface area contributed by atoms with Crippen LogP contribution in [0.4, 0.5) is 9.18 Å². The molecule has 2 fully saturated rings. The number of carbonyl (C=O) groups is 1. The number of amides is 2. The Labute approximate surface area is 193 Å². The average molecular weight is 451 g/mol. The van der Waals surface area contributed by atoms with Crippen molar-refractivity contribution in [2.45, 2.75) is 38.1 Å². The second-order valence-electron chi connectivity index (χ2n) is 9.36. The van der Waals surface area contributed by atoms with E-state index in [9.17, 15) is 9.18 Å². The summed E-state index contributed by atoms with van der Waals surface area (Å²) in [5.41, 5.74) is 2.63. The minimum absolute atomic E-state index is 0.0397. The molecule has 2 saturated heterocycles. The van der Waals surface area contributed by atoms with Gasteiger partial charge in [0, 0.05) is 43.5 Å². The number of benzene rings is 2. The van der Waals surface area contributed by atoms with Gasteiger partial charge in [-0.15, -0.1) is 0 Å². The molecule has 0 unspecified atom stereocenters.